The molecule has 0 bridgehead atoms. The second-order valence-corrected chi connectivity index (χ2v) is 7.54. The largest absolute Gasteiger partial charge is 0.486 e. The first-order chi connectivity index (χ1) is 10.7. The molecule has 0 spiro atoms. The maximum Gasteiger partial charge on any atom is 0.150 e. The fourth-order valence-electron chi connectivity index (χ4n) is 1.69. The lowest BCUT2D eigenvalue weighted by Gasteiger charge is -2.03. The number of halogens is 1. The minimum absolute atomic E-state index is 0.265. The summed E-state index contributed by atoms with van der Waals surface area (Å²) in [5, 5.41) is 5.00. The molecule has 0 amide bonds. The molecule has 2 heterocycles. The van der Waals surface area contributed by atoms with Gasteiger partial charge < -0.3 is 4.74 Å². The highest BCUT2D eigenvalue weighted by Gasteiger charge is 2.06. The molecule has 3 nitrogen and oxygen atoms in total. The van der Waals surface area contributed by atoms with Crippen LogP contribution in [0.25, 0.3) is 0 Å². The minimum atomic E-state index is -0.265. The average Bonchev–Trinajstić information content (AvgIpc) is 3.13. The molecule has 3 rings (SSSR count). The third-order valence-electron chi connectivity index (χ3n) is 2.72. The standard InChI is InChI=1S/C15H13FN2OS3/c1-10-7-21-15(17-10)22-9-12-8-20-14(18-12)6-19-13-4-2-11(16)3-5-13/h2-5,7-8H,6,9H2,1H3. The number of thioether (sulfide) groups is 1. The van der Waals surface area contributed by atoms with Crippen molar-refractivity contribution >= 4 is 34.4 Å². The number of aromatic nitrogens is 2. The van der Waals surface area contributed by atoms with Crippen molar-refractivity contribution in [2.75, 3.05) is 0 Å². The summed E-state index contributed by atoms with van der Waals surface area (Å²) in [7, 11) is 0. The van der Waals surface area contributed by atoms with E-state index in [0.29, 0.717) is 12.4 Å². The molecule has 3 aromatic rings. The molecule has 0 atom stereocenters. The van der Waals surface area contributed by atoms with Gasteiger partial charge in [-0.15, -0.1) is 22.7 Å². The van der Waals surface area contributed by atoms with Gasteiger partial charge in [0.25, 0.3) is 0 Å². The number of hydrogen-bond acceptors (Lipinski definition) is 6. The van der Waals surface area contributed by atoms with Crippen molar-refractivity contribution in [3.8, 4) is 5.75 Å². The van der Waals surface area contributed by atoms with E-state index < -0.39 is 0 Å². The minimum Gasteiger partial charge on any atom is -0.486 e. The molecule has 0 aliphatic rings. The maximum atomic E-state index is 12.8. The monoisotopic (exact) mass is 352 g/mol. The first kappa shape index (κ1) is 15.5. The summed E-state index contributed by atoms with van der Waals surface area (Å²) in [6, 6.07) is 6.00. The van der Waals surface area contributed by atoms with Crippen LogP contribution in [-0.2, 0) is 12.4 Å². The van der Waals surface area contributed by atoms with Gasteiger partial charge in [-0.2, -0.15) is 0 Å². The van der Waals surface area contributed by atoms with Crippen molar-refractivity contribution in [1.82, 2.24) is 9.97 Å². The predicted molar refractivity (Wildman–Crippen MR) is 89.3 cm³/mol. The average molecular weight is 352 g/mol. The fourth-order valence-corrected chi connectivity index (χ4v) is 4.24. The van der Waals surface area contributed by atoms with Crippen LogP contribution in [0.1, 0.15) is 16.4 Å². The summed E-state index contributed by atoms with van der Waals surface area (Å²) in [6.45, 7) is 2.39. The van der Waals surface area contributed by atoms with Crippen LogP contribution in [0.2, 0.25) is 0 Å². The molecular formula is C15H13FN2OS3. The van der Waals surface area contributed by atoms with Crippen LogP contribution >= 0.6 is 34.4 Å². The molecule has 0 unspecified atom stereocenters. The summed E-state index contributed by atoms with van der Waals surface area (Å²) < 4.78 is 19.5. The van der Waals surface area contributed by atoms with Gasteiger partial charge in [0, 0.05) is 22.2 Å². The molecule has 0 saturated carbocycles. The Kier molecular flexibility index (Phi) is 5.07. The van der Waals surface area contributed by atoms with Crippen molar-refractivity contribution in [3.05, 3.63) is 57.2 Å². The third kappa shape index (κ3) is 4.28. The van der Waals surface area contributed by atoms with Crippen molar-refractivity contribution in [2.24, 2.45) is 0 Å². The van der Waals surface area contributed by atoms with E-state index in [1.54, 1.807) is 46.6 Å². The molecule has 2 aromatic heterocycles. The Morgan fingerprint density at radius 3 is 2.68 bits per heavy atom. The molecular weight excluding hydrogens is 339 g/mol. The number of ether oxygens (including phenoxy) is 1. The molecule has 1 aromatic carbocycles. The summed E-state index contributed by atoms with van der Waals surface area (Å²) in [4.78, 5) is 8.96. The van der Waals surface area contributed by atoms with Gasteiger partial charge in [-0.05, 0) is 31.2 Å². The SMILES string of the molecule is Cc1csc(SCc2csc(COc3ccc(F)cc3)n2)n1. The second kappa shape index (κ2) is 7.21. The van der Waals surface area contributed by atoms with Crippen molar-refractivity contribution in [2.45, 2.75) is 23.6 Å². The van der Waals surface area contributed by atoms with E-state index in [1.807, 2.05) is 17.7 Å². The number of benzene rings is 1. The smallest absolute Gasteiger partial charge is 0.150 e. The molecule has 0 saturated heterocycles. The van der Waals surface area contributed by atoms with E-state index in [-0.39, 0.29) is 5.82 Å². The zero-order valence-corrected chi connectivity index (χ0v) is 14.2. The van der Waals surface area contributed by atoms with Gasteiger partial charge >= 0.3 is 0 Å². The Bertz CT molecular complexity index is 739. The van der Waals surface area contributed by atoms with Crippen molar-refractivity contribution < 1.29 is 9.13 Å². The van der Waals surface area contributed by atoms with E-state index in [9.17, 15) is 4.39 Å². The second-order valence-electron chi connectivity index (χ2n) is 4.52. The highest BCUT2D eigenvalue weighted by Crippen LogP contribution is 2.26. The van der Waals surface area contributed by atoms with Crippen LogP contribution in [0.4, 0.5) is 4.39 Å². The third-order valence-corrected chi connectivity index (χ3v) is 5.76. The lowest BCUT2D eigenvalue weighted by Crippen LogP contribution is -1.95. The molecule has 0 aliphatic heterocycles. The lowest BCUT2D eigenvalue weighted by molar-refractivity contribution is 0.305. The predicted octanol–water partition coefficient (Wildman–Crippen LogP) is 4.92. The lowest BCUT2D eigenvalue weighted by atomic mass is 10.3. The van der Waals surface area contributed by atoms with Gasteiger partial charge in [-0.3, -0.25) is 0 Å². The van der Waals surface area contributed by atoms with Crippen LogP contribution in [-0.4, -0.2) is 9.97 Å². The molecule has 0 fully saturated rings. The number of hydrogen-bond donors (Lipinski definition) is 0. The summed E-state index contributed by atoms with van der Waals surface area (Å²) in [5.74, 6) is 1.18. The zero-order valence-electron chi connectivity index (χ0n) is 11.8. The van der Waals surface area contributed by atoms with E-state index in [4.69, 9.17) is 4.74 Å². The molecule has 114 valence electrons. The van der Waals surface area contributed by atoms with Crippen LogP contribution < -0.4 is 4.74 Å². The van der Waals surface area contributed by atoms with E-state index in [1.165, 1.54) is 12.1 Å². The van der Waals surface area contributed by atoms with Gasteiger partial charge in [0.05, 0.1) is 5.69 Å². The molecule has 0 radical (unpaired) electrons. The molecule has 0 aliphatic carbocycles. The fraction of sp³-hybridized carbons (Fsp3) is 0.200. The summed E-state index contributed by atoms with van der Waals surface area (Å²) in [5.41, 5.74) is 2.08. The first-order valence-electron chi connectivity index (χ1n) is 6.55. The Morgan fingerprint density at radius 2 is 1.95 bits per heavy atom. The number of thiazole rings is 2. The Balaban J connectivity index is 1.51. The quantitative estimate of drug-likeness (QED) is 0.590. The van der Waals surface area contributed by atoms with E-state index >= 15 is 0 Å². The van der Waals surface area contributed by atoms with Crippen molar-refractivity contribution in [1.29, 1.82) is 0 Å². The highest BCUT2D eigenvalue weighted by molar-refractivity contribution is 8.00. The van der Waals surface area contributed by atoms with Gasteiger partial charge in [0.15, 0.2) is 0 Å². The topological polar surface area (TPSA) is 35.0 Å². The summed E-state index contributed by atoms with van der Waals surface area (Å²) in [6.07, 6.45) is 0. The van der Waals surface area contributed by atoms with Gasteiger partial charge in [-0.1, -0.05) is 11.8 Å². The number of aryl methyl sites for hydroxylation is 1. The van der Waals surface area contributed by atoms with E-state index in [2.05, 4.69) is 9.97 Å². The Labute approximate surface area is 140 Å². The van der Waals surface area contributed by atoms with Gasteiger partial charge in [0.2, 0.25) is 0 Å². The van der Waals surface area contributed by atoms with Gasteiger partial charge in [-0.25, -0.2) is 14.4 Å². The molecule has 7 heteroatoms. The number of nitrogens with zero attached hydrogens (tertiary/aromatic N) is 2. The van der Waals surface area contributed by atoms with E-state index in [0.717, 1.165) is 26.5 Å². The van der Waals surface area contributed by atoms with Crippen molar-refractivity contribution in [3.63, 3.8) is 0 Å². The van der Waals surface area contributed by atoms with Gasteiger partial charge in [0.1, 0.15) is 27.5 Å². The number of rotatable bonds is 6. The van der Waals surface area contributed by atoms with Crippen LogP contribution in [0.5, 0.6) is 5.75 Å². The maximum absolute atomic E-state index is 12.8. The van der Waals surface area contributed by atoms with Crippen LogP contribution in [0.3, 0.4) is 0 Å². The highest BCUT2D eigenvalue weighted by atomic mass is 32.2. The van der Waals surface area contributed by atoms with Crippen LogP contribution in [0, 0.1) is 12.7 Å². The molecule has 0 N–H and O–H groups in total. The Morgan fingerprint density at radius 1 is 1.14 bits per heavy atom. The molecule has 22 heavy (non-hydrogen) atoms. The normalized spacial score (nSPS) is 10.8. The van der Waals surface area contributed by atoms with Crippen LogP contribution in [0.15, 0.2) is 39.4 Å². The Hall–Kier alpha value is -1.44. The summed E-state index contributed by atoms with van der Waals surface area (Å²) >= 11 is 4.92. The first-order valence-corrected chi connectivity index (χ1v) is 9.30. The zero-order chi connectivity index (χ0) is 15.4.